The van der Waals surface area contributed by atoms with Gasteiger partial charge < -0.3 is 5.11 Å². The molecule has 1 nitrogen and oxygen atoms in total. The molecule has 1 N–H and O–H groups in total. The number of aliphatic hydroxyl groups is 1. The summed E-state index contributed by atoms with van der Waals surface area (Å²) >= 11 is 0. The van der Waals surface area contributed by atoms with Crippen molar-refractivity contribution in [1.29, 1.82) is 0 Å². The van der Waals surface area contributed by atoms with E-state index in [0.717, 1.165) is 37.0 Å². The van der Waals surface area contributed by atoms with Crippen LogP contribution in [0.4, 0.5) is 0 Å². The van der Waals surface area contributed by atoms with Gasteiger partial charge in [-0.25, -0.2) is 0 Å². The Bertz CT molecular complexity index is 610. The molecule has 6 atom stereocenters. The molecule has 0 aromatic carbocycles. The predicted octanol–water partition coefficient (Wildman–Crippen LogP) is 7.47. The number of rotatable bonds is 5. The molecule has 0 aromatic rings. The minimum atomic E-state index is -0.105. The molecular formula is C27H44O. The first kappa shape index (κ1) is 21.9. The first-order chi connectivity index (χ1) is 13.3. The van der Waals surface area contributed by atoms with E-state index in [1.54, 1.807) is 5.57 Å². The van der Waals surface area contributed by atoms with Crippen molar-refractivity contribution in [1.82, 2.24) is 0 Å². The lowest BCUT2D eigenvalue weighted by atomic mass is 9.61. The zero-order chi connectivity index (χ0) is 20.3. The van der Waals surface area contributed by atoms with Gasteiger partial charge in [-0.15, -0.1) is 0 Å². The standard InChI is InChI=1S/C27H44O/c1-19(2)20(3)11-12-21(4)25-15-16-26-23(9-7-17-27(25,26)5)14-13-22-8-6-10-24(28)18-22/h11-14,19-21,24-26,28H,6-10,15-18H2,1-5H3/b12-11+,22-13-,23-14+. The van der Waals surface area contributed by atoms with Crippen molar-refractivity contribution >= 4 is 0 Å². The van der Waals surface area contributed by atoms with Gasteiger partial charge in [-0.05, 0) is 92.8 Å². The Hall–Kier alpha value is -0.820. The molecule has 6 unspecified atom stereocenters. The predicted molar refractivity (Wildman–Crippen MR) is 121 cm³/mol. The fourth-order valence-electron chi connectivity index (χ4n) is 6.30. The third-order valence-electron chi connectivity index (χ3n) is 8.51. The minimum Gasteiger partial charge on any atom is -0.393 e. The van der Waals surface area contributed by atoms with Crippen molar-refractivity contribution in [2.24, 2.45) is 35.0 Å². The van der Waals surface area contributed by atoms with Gasteiger partial charge >= 0.3 is 0 Å². The van der Waals surface area contributed by atoms with Crippen LogP contribution in [0.2, 0.25) is 0 Å². The molecule has 158 valence electrons. The largest absolute Gasteiger partial charge is 0.393 e. The van der Waals surface area contributed by atoms with E-state index in [1.165, 1.54) is 44.1 Å². The second-order valence-corrected chi connectivity index (χ2v) is 10.8. The third kappa shape index (κ3) is 4.84. The molecule has 3 rings (SSSR count). The summed E-state index contributed by atoms with van der Waals surface area (Å²) in [5, 5.41) is 9.96. The lowest BCUT2D eigenvalue weighted by Gasteiger charge is -2.44. The van der Waals surface area contributed by atoms with Crippen molar-refractivity contribution in [3.05, 3.63) is 35.5 Å². The first-order valence-electron chi connectivity index (χ1n) is 12.1. The van der Waals surface area contributed by atoms with E-state index in [0.29, 0.717) is 17.3 Å². The van der Waals surface area contributed by atoms with Crippen molar-refractivity contribution in [2.45, 2.75) is 98.5 Å². The van der Waals surface area contributed by atoms with Crippen LogP contribution in [-0.4, -0.2) is 11.2 Å². The normalized spacial score (nSPS) is 39.0. The van der Waals surface area contributed by atoms with E-state index in [9.17, 15) is 5.11 Å². The summed E-state index contributed by atoms with van der Waals surface area (Å²) in [5.74, 6) is 3.68. The topological polar surface area (TPSA) is 20.2 Å². The molecule has 3 aliphatic carbocycles. The van der Waals surface area contributed by atoms with Gasteiger partial charge in [0.25, 0.3) is 0 Å². The average Bonchev–Trinajstić information content (AvgIpc) is 3.01. The highest BCUT2D eigenvalue weighted by Gasteiger charge is 2.50. The second kappa shape index (κ2) is 9.33. The van der Waals surface area contributed by atoms with E-state index >= 15 is 0 Å². The van der Waals surface area contributed by atoms with Crippen LogP contribution in [0.15, 0.2) is 35.5 Å². The molecule has 0 aromatic heterocycles. The maximum Gasteiger partial charge on any atom is 0.0577 e. The fraction of sp³-hybridized carbons (Fsp3) is 0.778. The van der Waals surface area contributed by atoms with E-state index in [-0.39, 0.29) is 6.10 Å². The van der Waals surface area contributed by atoms with Gasteiger partial charge in [-0.2, -0.15) is 0 Å². The Labute approximate surface area is 174 Å². The van der Waals surface area contributed by atoms with E-state index in [2.05, 4.69) is 58.9 Å². The van der Waals surface area contributed by atoms with Crippen LogP contribution in [0.3, 0.4) is 0 Å². The molecule has 28 heavy (non-hydrogen) atoms. The Morgan fingerprint density at radius 2 is 1.75 bits per heavy atom. The number of aliphatic hydroxyl groups excluding tert-OH is 1. The average molecular weight is 385 g/mol. The van der Waals surface area contributed by atoms with E-state index in [4.69, 9.17) is 0 Å². The highest BCUT2D eigenvalue weighted by molar-refractivity contribution is 5.26. The van der Waals surface area contributed by atoms with Gasteiger partial charge in [0.05, 0.1) is 6.10 Å². The van der Waals surface area contributed by atoms with Crippen LogP contribution in [-0.2, 0) is 0 Å². The molecule has 0 bridgehead atoms. The molecule has 0 aliphatic heterocycles. The zero-order valence-corrected chi connectivity index (χ0v) is 19.1. The molecule has 0 spiro atoms. The molecule has 1 heteroatoms. The van der Waals surface area contributed by atoms with Gasteiger partial charge in [0.1, 0.15) is 0 Å². The molecule has 0 radical (unpaired) electrons. The van der Waals surface area contributed by atoms with Crippen molar-refractivity contribution in [3.8, 4) is 0 Å². The summed E-state index contributed by atoms with van der Waals surface area (Å²) in [6.45, 7) is 12.1. The lowest BCUT2D eigenvalue weighted by Crippen LogP contribution is -2.35. The van der Waals surface area contributed by atoms with Crippen LogP contribution in [0.5, 0.6) is 0 Å². The zero-order valence-electron chi connectivity index (χ0n) is 19.1. The van der Waals surface area contributed by atoms with Crippen LogP contribution in [0, 0.1) is 35.0 Å². The highest BCUT2D eigenvalue weighted by atomic mass is 16.3. The molecule has 0 heterocycles. The van der Waals surface area contributed by atoms with Crippen molar-refractivity contribution in [3.63, 3.8) is 0 Å². The Kier molecular flexibility index (Phi) is 7.29. The second-order valence-electron chi connectivity index (χ2n) is 10.8. The van der Waals surface area contributed by atoms with Crippen molar-refractivity contribution < 1.29 is 5.11 Å². The summed E-state index contributed by atoms with van der Waals surface area (Å²) in [6, 6.07) is 0. The summed E-state index contributed by atoms with van der Waals surface area (Å²) in [6.07, 6.45) is 20.8. The SMILES string of the molecule is CC(C)C(C)/C=C/C(C)C1CCC2/C(=C/C=C3/CCCC(O)C3)CCCC21C. The number of hydrogen-bond donors (Lipinski definition) is 1. The third-order valence-corrected chi connectivity index (χ3v) is 8.51. The molecule has 3 saturated carbocycles. The van der Waals surface area contributed by atoms with Gasteiger partial charge in [-0.3, -0.25) is 0 Å². The minimum absolute atomic E-state index is 0.105. The Morgan fingerprint density at radius 1 is 0.964 bits per heavy atom. The molecule has 3 fully saturated rings. The number of allylic oxidation sites excluding steroid dienone is 5. The van der Waals surface area contributed by atoms with Gasteiger partial charge in [0.2, 0.25) is 0 Å². The van der Waals surface area contributed by atoms with Gasteiger partial charge in [0.15, 0.2) is 0 Å². The fourth-order valence-corrected chi connectivity index (χ4v) is 6.30. The molecule has 3 aliphatic rings. The quantitative estimate of drug-likeness (QED) is 0.487. The van der Waals surface area contributed by atoms with E-state index < -0.39 is 0 Å². The van der Waals surface area contributed by atoms with Crippen LogP contribution >= 0.6 is 0 Å². The Balaban J connectivity index is 1.71. The van der Waals surface area contributed by atoms with Crippen molar-refractivity contribution in [2.75, 3.05) is 0 Å². The van der Waals surface area contributed by atoms with Gasteiger partial charge in [0, 0.05) is 0 Å². The summed E-state index contributed by atoms with van der Waals surface area (Å²) < 4.78 is 0. The Morgan fingerprint density at radius 3 is 2.46 bits per heavy atom. The maximum absolute atomic E-state index is 9.96. The molecule has 0 saturated heterocycles. The van der Waals surface area contributed by atoms with Crippen LogP contribution < -0.4 is 0 Å². The lowest BCUT2D eigenvalue weighted by molar-refractivity contribution is 0.112. The van der Waals surface area contributed by atoms with E-state index in [1.807, 2.05) is 0 Å². The summed E-state index contributed by atoms with van der Waals surface area (Å²) in [5.41, 5.74) is 3.64. The van der Waals surface area contributed by atoms with Gasteiger partial charge in [-0.1, -0.05) is 70.1 Å². The summed E-state index contributed by atoms with van der Waals surface area (Å²) in [4.78, 5) is 0. The first-order valence-corrected chi connectivity index (χ1v) is 12.1. The van der Waals surface area contributed by atoms with Crippen LogP contribution in [0.25, 0.3) is 0 Å². The number of hydrogen-bond acceptors (Lipinski definition) is 1. The monoisotopic (exact) mass is 384 g/mol. The maximum atomic E-state index is 9.96. The van der Waals surface area contributed by atoms with Crippen LogP contribution in [0.1, 0.15) is 92.4 Å². The molecule has 0 amide bonds. The summed E-state index contributed by atoms with van der Waals surface area (Å²) in [7, 11) is 0. The highest BCUT2D eigenvalue weighted by Crippen LogP contribution is 2.59. The smallest absolute Gasteiger partial charge is 0.0577 e. The molecular weight excluding hydrogens is 340 g/mol. The number of fused-ring (bicyclic) bond motifs is 1.